The van der Waals surface area contributed by atoms with E-state index in [1.54, 1.807) is 37.3 Å². The average molecular weight is 401 g/mol. The minimum atomic E-state index is -3.83. The van der Waals surface area contributed by atoms with Crippen molar-refractivity contribution < 1.29 is 17.6 Å². The van der Waals surface area contributed by atoms with Gasteiger partial charge in [0.1, 0.15) is 10.7 Å². The first-order chi connectivity index (χ1) is 13.1. The van der Waals surface area contributed by atoms with E-state index in [4.69, 9.17) is 4.42 Å². The zero-order valence-electron chi connectivity index (χ0n) is 16.6. The molecule has 148 valence electrons. The lowest BCUT2D eigenvalue weighted by Crippen LogP contribution is -2.18. The summed E-state index contributed by atoms with van der Waals surface area (Å²) in [5.74, 6) is -0.123. The Kier molecular flexibility index (Phi) is 5.21. The van der Waals surface area contributed by atoms with Crippen molar-refractivity contribution in [2.75, 3.05) is 5.32 Å². The maximum atomic E-state index is 13.5. The van der Waals surface area contributed by atoms with E-state index in [0.717, 1.165) is 11.3 Å². The lowest BCUT2D eigenvalue weighted by atomic mass is 10.2. The Bertz CT molecular complexity index is 1110. The summed E-state index contributed by atoms with van der Waals surface area (Å²) in [6, 6.07) is 9.79. The first kappa shape index (κ1) is 19.9. The molecule has 1 aromatic carbocycles. The first-order valence-corrected chi connectivity index (χ1v) is 10.5. The van der Waals surface area contributed by atoms with E-state index < -0.39 is 15.7 Å². The van der Waals surface area contributed by atoms with Crippen LogP contribution in [-0.4, -0.2) is 18.9 Å². The highest BCUT2D eigenvalue weighted by molar-refractivity contribution is 7.91. The summed E-state index contributed by atoms with van der Waals surface area (Å²) in [5, 5.41) is 2.76. The van der Waals surface area contributed by atoms with Gasteiger partial charge in [-0.3, -0.25) is 4.79 Å². The molecule has 6 nitrogen and oxygen atoms in total. The molecular formula is C21H24N2O4S. The predicted molar refractivity (Wildman–Crippen MR) is 108 cm³/mol. The van der Waals surface area contributed by atoms with Crippen LogP contribution in [0.3, 0.4) is 0 Å². The molecule has 28 heavy (non-hydrogen) atoms. The van der Waals surface area contributed by atoms with Gasteiger partial charge in [-0.15, -0.1) is 0 Å². The molecule has 0 saturated carbocycles. The van der Waals surface area contributed by atoms with Crippen LogP contribution in [0.25, 0.3) is 0 Å². The van der Waals surface area contributed by atoms with Crippen molar-refractivity contribution in [1.29, 1.82) is 0 Å². The van der Waals surface area contributed by atoms with Gasteiger partial charge >= 0.3 is 0 Å². The van der Waals surface area contributed by atoms with E-state index in [1.165, 1.54) is 12.3 Å². The minimum absolute atomic E-state index is 0.0485. The highest BCUT2D eigenvalue weighted by Crippen LogP contribution is 2.37. The molecule has 1 N–H and O–H groups in total. The Balaban J connectivity index is 2.21. The molecule has 0 radical (unpaired) electrons. The fraction of sp³-hybridized carbons (Fsp3) is 0.286. The van der Waals surface area contributed by atoms with E-state index >= 15 is 0 Å². The summed E-state index contributed by atoms with van der Waals surface area (Å²) in [7, 11) is -3.83. The highest BCUT2D eigenvalue weighted by atomic mass is 32.2. The number of hydrogen-bond acceptors (Lipinski definition) is 4. The first-order valence-electron chi connectivity index (χ1n) is 9.02. The zero-order valence-corrected chi connectivity index (χ0v) is 17.4. The van der Waals surface area contributed by atoms with Crippen molar-refractivity contribution in [3.8, 4) is 0 Å². The van der Waals surface area contributed by atoms with Gasteiger partial charge in [0.25, 0.3) is 5.91 Å². The molecule has 0 unspecified atom stereocenters. The largest absolute Gasteiger partial charge is 0.459 e. The van der Waals surface area contributed by atoms with Crippen LogP contribution in [0.1, 0.15) is 47.3 Å². The van der Waals surface area contributed by atoms with E-state index in [2.05, 4.69) is 5.32 Å². The maximum Gasteiger partial charge on any atom is 0.292 e. The number of carbonyl (C=O) groups excluding carboxylic acids is 1. The van der Waals surface area contributed by atoms with Gasteiger partial charge < -0.3 is 14.3 Å². The van der Waals surface area contributed by atoms with Gasteiger partial charge in [-0.25, -0.2) is 8.42 Å². The van der Waals surface area contributed by atoms with Crippen LogP contribution in [0, 0.1) is 20.8 Å². The monoisotopic (exact) mass is 400 g/mol. The molecule has 3 aromatic rings. The van der Waals surface area contributed by atoms with Crippen LogP contribution in [0.4, 0.5) is 5.82 Å². The van der Waals surface area contributed by atoms with Crippen LogP contribution < -0.4 is 5.32 Å². The van der Waals surface area contributed by atoms with Gasteiger partial charge in [-0.2, -0.15) is 0 Å². The Morgan fingerprint density at radius 3 is 2.25 bits per heavy atom. The number of rotatable bonds is 5. The number of hydrogen-bond donors (Lipinski definition) is 1. The fourth-order valence-corrected chi connectivity index (χ4v) is 4.99. The number of anilines is 1. The third kappa shape index (κ3) is 3.38. The van der Waals surface area contributed by atoms with Crippen molar-refractivity contribution >= 4 is 21.6 Å². The third-order valence-electron chi connectivity index (χ3n) is 4.79. The number of nitrogens with zero attached hydrogens (tertiary/aromatic N) is 1. The average Bonchev–Trinajstić information content (AvgIpc) is 3.23. The minimum Gasteiger partial charge on any atom is -0.459 e. The molecule has 0 spiro atoms. The Hall–Kier alpha value is -2.80. The lowest BCUT2D eigenvalue weighted by molar-refractivity contribution is 0.0995. The van der Waals surface area contributed by atoms with Crippen LogP contribution in [-0.2, 0) is 9.84 Å². The molecule has 7 heteroatoms. The molecule has 0 bridgehead atoms. The second-order valence-electron chi connectivity index (χ2n) is 7.10. The summed E-state index contributed by atoms with van der Waals surface area (Å²) in [6.45, 7) is 9.40. The maximum absolute atomic E-state index is 13.5. The number of aryl methyl sites for hydroxylation is 1. The van der Waals surface area contributed by atoms with Crippen molar-refractivity contribution in [3.63, 3.8) is 0 Å². The van der Waals surface area contributed by atoms with E-state index in [1.807, 2.05) is 32.3 Å². The zero-order chi connectivity index (χ0) is 20.6. The summed E-state index contributed by atoms with van der Waals surface area (Å²) in [5.41, 5.74) is 2.37. The second-order valence-corrected chi connectivity index (χ2v) is 8.99. The summed E-state index contributed by atoms with van der Waals surface area (Å²) < 4.78 is 33.9. The third-order valence-corrected chi connectivity index (χ3v) is 6.72. The SMILES string of the molecule is Cc1ccc(S(=O)(=O)c2c(C)c(C)n(C(C)C)c2NC(=O)c2ccco2)cc1. The number of sulfone groups is 1. The quantitative estimate of drug-likeness (QED) is 0.675. The molecule has 1 amide bonds. The van der Waals surface area contributed by atoms with E-state index in [0.29, 0.717) is 5.56 Å². The van der Waals surface area contributed by atoms with Crippen molar-refractivity contribution in [1.82, 2.24) is 4.57 Å². The molecule has 0 aliphatic rings. The molecule has 3 rings (SSSR count). The smallest absolute Gasteiger partial charge is 0.292 e. The molecule has 0 saturated heterocycles. The van der Waals surface area contributed by atoms with Gasteiger partial charge in [0.2, 0.25) is 9.84 Å². The van der Waals surface area contributed by atoms with Crippen molar-refractivity contribution in [2.45, 2.75) is 50.5 Å². The van der Waals surface area contributed by atoms with Gasteiger partial charge in [0, 0.05) is 11.7 Å². The molecule has 0 aliphatic heterocycles. The van der Waals surface area contributed by atoms with Gasteiger partial charge in [0.15, 0.2) is 5.76 Å². The number of amides is 1. The van der Waals surface area contributed by atoms with Gasteiger partial charge in [0.05, 0.1) is 11.2 Å². The normalized spacial score (nSPS) is 11.8. The number of furan rings is 1. The van der Waals surface area contributed by atoms with Gasteiger partial charge in [-0.1, -0.05) is 17.7 Å². The van der Waals surface area contributed by atoms with Crippen LogP contribution >= 0.6 is 0 Å². The Morgan fingerprint density at radius 2 is 1.71 bits per heavy atom. The predicted octanol–water partition coefficient (Wildman–Crippen LogP) is 4.67. The molecule has 0 fully saturated rings. The van der Waals surface area contributed by atoms with Crippen LogP contribution in [0.5, 0.6) is 0 Å². The Morgan fingerprint density at radius 1 is 1.07 bits per heavy atom. The highest BCUT2D eigenvalue weighted by Gasteiger charge is 2.31. The summed E-state index contributed by atoms with van der Waals surface area (Å²) in [4.78, 5) is 12.9. The molecule has 2 aromatic heterocycles. The molecule has 0 aliphatic carbocycles. The fourth-order valence-electron chi connectivity index (χ4n) is 3.30. The Labute approximate surface area is 165 Å². The van der Waals surface area contributed by atoms with E-state index in [-0.39, 0.29) is 27.4 Å². The summed E-state index contributed by atoms with van der Waals surface area (Å²) in [6.07, 6.45) is 1.40. The molecular weight excluding hydrogens is 376 g/mol. The second kappa shape index (κ2) is 7.31. The van der Waals surface area contributed by atoms with Crippen molar-refractivity contribution in [2.24, 2.45) is 0 Å². The molecule has 0 atom stereocenters. The van der Waals surface area contributed by atoms with Crippen LogP contribution in [0.2, 0.25) is 0 Å². The summed E-state index contributed by atoms with van der Waals surface area (Å²) >= 11 is 0. The van der Waals surface area contributed by atoms with Crippen molar-refractivity contribution in [3.05, 3.63) is 65.2 Å². The van der Waals surface area contributed by atoms with Gasteiger partial charge in [-0.05, 0) is 64.4 Å². The number of nitrogens with one attached hydrogen (secondary N) is 1. The molecule has 2 heterocycles. The number of aromatic nitrogens is 1. The standard InChI is InChI=1S/C21H24N2O4S/c1-13(2)23-16(5)15(4)19(20(23)22-21(24)18-7-6-12-27-18)28(25,26)17-10-8-14(3)9-11-17/h6-13H,1-5H3,(H,22,24). The lowest BCUT2D eigenvalue weighted by Gasteiger charge is -2.17. The van der Waals surface area contributed by atoms with E-state index in [9.17, 15) is 13.2 Å². The topological polar surface area (TPSA) is 81.3 Å². The van der Waals surface area contributed by atoms with Crippen LogP contribution in [0.15, 0.2) is 56.9 Å². The number of benzene rings is 1. The number of carbonyl (C=O) groups is 1.